The van der Waals surface area contributed by atoms with E-state index in [0.717, 1.165) is 18.2 Å². The summed E-state index contributed by atoms with van der Waals surface area (Å²) >= 11 is 0. The molecule has 0 saturated heterocycles. The van der Waals surface area contributed by atoms with Crippen LogP contribution in [0, 0.1) is 5.82 Å². The predicted octanol–water partition coefficient (Wildman–Crippen LogP) is 4.93. The minimum atomic E-state index is -4.98. The fraction of sp³-hybridized carbons (Fsp3) is 0.154. The van der Waals surface area contributed by atoms with Crippen molar-refractivity contribution < 1.29 is 30.7 Å². The summed E-state index contributed by atoms with van der Waals surface area (Å²) in [5, 5.41) is 0. The second kappa shape index (κ2) is 5.01. The topological polar surface area (TPSA) is 12.9 Å². The van der Waals surface area contributed by atoms with E-state index in [1.807, 2.05) is 0 Å². The second-order valence-corrected chi connectivity index (χ2v) is 4.10. The van der Waals surface area contributed by atoms with Gasteiger partial charge in [-0.1, -0.05) is 12.1 Å². The van der Waals surface area contributed by atoms with E-state index in [1.54, 1.807) is 0 Å². The maximum absolute atomic E-state index is 13.1. The van der Waals surface area contributed by atoms with Crippen molar-refractivity contribution in [3.05, 3.63) is 53.5 Å². The van der Waals surface area contributed by atoms with Crippen LogP contribution in [0.25, 0.3) is 11.3 Å². The van der Waals surface area contributed by atoms with E-state index in [9.17, 15) is 30.7 Å². The SMILES string of the molecule is Fc1ccc(-c2ccc(C(F)(F)F)cc2)nc1C(F)(F)F. The van der Waals surface area contributed by atoms with Gasteiger partial charge in [-0.25, -0.2) is 9.37 Å². The van der Waals surface area contributed by atoms with Crippen LogP contribution in [-0.4, -0.2) is 4.98 Å². The quantitative estimate of drug-likeness (QED) is 0.681. The summed E-state index contributed by atoms with van der Waals surface area (Å²) in [6.07, 6.45) is -9.53. The molecule has 0 aliphatic carbocycles. The number of rotatable bonds is 1. The standard InChI is InChI=1S/C13H6F7N/c14-9-5-6-10(21-11(9)13(18,19)20)7-1-3-8(4-2-7)12(15,16)17/h1-6H. The molecule has 112 valence electrons. The van der Waals surface area contributed by atoms with E-state index in [2.05, 4.69) is 4.98 Å². The van der Waals surface area contributed by atoms with Crippen molar-refractivity contribution in [1.29, 1.82) is 0 Å². The summed E-state index contributed by atoms with van der Waals surface area (Å²) in [6, 6.07) is 4.92. The van der Waals surface area contributed by atoms with Crippen molar-refractivity contribution in [1.82, 2.24) is 4.98 Å². The Labute approximate surface area is 114 Å². The first kappa shape index (κ1) is 15.3. The van der Waals surface area contributed by atoms with Crippen LogP contribution in [0.15, 0.2) is 36.4 Å². The number of pyridine rings is 1. The summed E-state index contributed by atoms with van der Waals surface area (Å²) in [7, 11) is 0. The average molecular weight is 309 g/mol. The molecule has 1 heterocycles. The van der Waals surface area contributed by atoms with Crippen molar-refractivity contribution >= 4 is 0 Å². The lowest BCUT2D eigenvalue weighted by Gasteiger charge is -2.10. The number of nitrogens with zero attached hydrogens (tertiary/aromatic N) is 1. The second-order valence-electron chi connectivity index (χ2n) is 4.10. The number of aromatic nitrogens is 1. The predicted molar refractivity (Wildman–Crippen MR) is 59.6 cm³/mol. The van der Waals surface area contributed by atoms with Crippen LogP contribution in [0.5, 0.6) is 0 Å². The van der Waals surface area contributed by atoms with Crippen molar-refractivity contribution in [3.63, 3.8) is 0 Å². The van der Waals surface area contributed by atoms with Crippen molar-refractivity contribution in [3.8, 4) is 11.3 Å². The largest absolute Gasteiger partial charge is 0.436 e. The average Bonchev–Trinajstić information content (AvgIpc) is 2.37. The Kier molecular flexibility index (Phi) is 3.65. The zero-order valence-electron chi connectivity index (χ0n) is 10.1. The molecule has 0 N–H and O–H groups in total. The van der Waals surface area contributed by atoms with E-state index in [-0.39, 0.29) is 11.3 Å². The molecule has 0 unspecified atom stereocenters. The van der Waals surface area contributed by atoms with Gasteiger partial charge in [0.05, 0.1) is 11.3 Å². The number of alkyl halides is 6. The summed E-state index contributed by atoms with van der Waals surface area (Å²) in [4.78, 5) is 3.12. The summed E-state index contributed by atoms with van der Waals surface area (Å²) < 4.78 is 87.8. The molecule has 8 heteroatoms. The first-order valence-electron chi connectivity index (χ1n) is 5.50. The van der Waals surface area contributed by atoms with Gasteiger partial charge in [0.25, 0.3) is 0 Å². The third-order valence-corrected chi connectivity index (χ3v) is 2.62. The van der Waals surface area contributed by atoms with Gasteiger partial charge in [0.1, 0.15) is 0 Å². The van der Waals surface area contributed by atoms with Crippen molar-refractivity contribution in [2.24, 2.45) is 0 Å². The minimum Gasteiger partial charge on any atom is -0.240 e. The molecule has 0 amide bonds. The molecule has 0 bridgehead atoms. The number of hydrogen-bond acceptors (Lipinski definition) is 1. The zero-order chi connectivity index (χ0) is 15.8. The molecule has 1 aromatic carbocycles. The number of halogens is 7. The molecule has 1 aromatic heterocycles. The van der Waals surface area contributed by atoms with E-state index in [0.29, 0.717) is 18.2 Å². The molecular formula is C13H6F7N. The highest BCUT2D eigenvalue weighted by atomic mass is 19.4. The maximum atomic E-state index is 13.1. The summed E-state index contributed by atoms with van der Waals surface area (Å²) in [5.74, 6) is -1.54. The molecule has 0 spiro atoms. The Balaban J connectivity index is 2.44. The Bertz CT molecular complexity index is 641. The van der Waals surface area contributed by atoms with Gasteiger partial charge in [-0.15, -0.1) is 0 Å². The normalized spacial score (nSPS) is 12.5. The lowest BCUT2D eigenvalue weighted by Crippen LogP contribution is -2.11. The van der Waals surface area contributed by atoms with Crippen molar-refractivity contribution in [2.45, 2.75) is 12.4 Å². The van der Waals surface area contributed by atoms with Gasteiger partial charge in [0, 0.05) is 5.56 Å². The highest BCUT2D eigenvalue weighted by molar-refractivity contribution is 5.59. The van der Waals surface area contributed by atoms with Gasteiger partial charge >= 0.3 is 12.4 Å². The van der Waals surface area contributed by atoms with Gasteiger partial charge in [-0.3, -0.25) is 0 Å². The maximum Gasteiger partial charge on any atom is 0.436 e. The van der Waals surface area contributed by atoms with Gasteiger partial charge < -0.3 is 0 Å². The molecule has 0 radical (unpaired) electrons. The number of benzene rings is 1. The molecule has 0 saturated carbocycles. The lowest BCUT2D eigenvalue weighted by molar-refractivity contribution is -0.143. The molecule has 0 aliphatic rings. The van der Waals surface area contributed by atoms with Crippen LogP contribution < -0.4 is 0 Å². The molecule has 0 atom stereocenters. The fourth-order valence-corrected chi connectivity index (χ4v) is 1.63. The summed E-state index contributed by atoms with van der Waals surface area (Å²) in [6.45, 7) is 0. The summed E-state index contributed by atoms with van der Waals surface area (Å²) in [5.41, 5.74) is -2.89. The van der Waals surface area contributed by atoms with Crippen LogP contribution >= 0.6 is 0 Å². The Hall–Kier alpha value is -2.12. The Morgan fingerprint density at radius 3 is 1.76 bits per heavy atom. The van der Waals surface area contributed by atoms with Crippen LogP contribution in [0.2, 0.25) is 0 Å². The van der Waals surface area contributed by atoms with Crippen LogP contribution in [0.3, 0.4) is 0 Å². The zero-order valence-corrected chi connectivity index (χ0v) is 10.1. The highest BCUT2D eigenvalue weighted by Crippen LogP contribution is 2.33. The fourth-order valence-electron chi connectivity index (χ4n) is 1.63. The molecule has 2 aromatic rings. The van der Waals surface area contributed by atoms with E-state index < -0.39 is 29.4 Å². The molecule has 0 aliphatic heterocycles. The van der Waals surface area contributed by atoms with E-state index >= 15 is 0 Å². The van der Waals surface area contributed by atoms with Crippen LogP contribution in [0.4, 0.5) is 30.7 Å². The smallest absolute Gasteiger partial charge is 0.240 e. The molecule has 1 nitrogen and oxygen atoms in total. The van der Waals surface area contributed by atoms with Crippen LogP contribution in [0.1, 0.15) is 11.3 Å². The van der Waals surface area contributed by atoms with Crippen molar-refractivity contribution in [2.75, 3.05) is 0 Å². The first-order chi connectivity index (χ1) is 9.59. The minimum absolute atomic E-state index is 0.0218. The third-order valence-electron chi connectivity index (χ3n) is 2.62. The van der Waals surface area contributed by atoms with E-state index in [4.69, 9.17) is 0 Å². The van der Waals surface area contributed by atoms with E-state index in [1.165, 1.54) is 0 Å². The Morgan fingerprint density at radius 1 is 0.714 bits per heavy atom. The molecular weight excluding hydrogens is 303 g/mol. The van der Waals surface area contributed by atoms with Crippen LogP contribution in [-0.2, 0) is 12.4 Å². The van der Waals surface area contributed by atoms with Gasteiger partial charge in [0.15, 0.2) is 11.5 Å². The monoisotopic (exact) mass is 309 g/mol. The third kappa shape index (κ3) is 3.32. The molecule has 21 heavy (non-hydrogen) atoms. The van der Waals surface area contributed by atoms with Gasteiger partial charge in [-0.05, 0) is 24.3 Å². The first-order valence-corrected chi connectivity index (χ1v) is 5.50. The Morgan fingerprint density at radius 2 is 1.29 bits per heavy atom. The number of hydrogen-bond donors (Lipinski definition) is 0. The molecule has 2 rings (SSSR count). The lowest BCUT2D eigenvalue weighted by atomic mass is 10.1. The molecule has 0 fully saturated rings. The van der Waals surface area contributed by atoms with Gasteiger partial charge in [0.2, 0.25) is 0 Å². The van der Waals surface area contributed by atoms with Gasteiger partial charge in [-0.2, -0.15) is 26.3 Å². The highest BCUT2D eigenvalue weighted by Gasteiger charge is 2.36.